The fourth-order valence-electron chi connectivity index (χ4n) is 6.50. The van der Waals surface area contributed by atoms with Crippen molar-refractivity contribution in [2.45, 2.75) is 77.1 Å². The second kappa shape index (κ2) is 12.1. The smallest absolute Gasteiger partial charge is 0.260 e. The minimum atomic E-state index is -0.291. The van der Waals surface area contributed by atoms with E-state index in [0.717, 1.165) is 80.1 Å². The van der Waals surface area contributed by atoms with Gasteiger partial charge >= 0.3 is 0 Å². The minimum absolute atomic E-state index is 0.00417. The molecule has 216 valence electrons. The van der Waals surface area contributed by atoms with Crippen LogP contribution in [0.5, 0.6) is 0 Å². The molecule has 0 bridgehead atoms. The molecule has 1 saturated carbocycles. The van der Waals surface area contributed by atoms with Crippen LogP contribution in [-0.4, -0.2) is 67.9 Å². The van der Waals surface area contributed by atoms with Crippen molar-refractivity contribution in [2.75, 3.05) is 36.4 Å². The molecule has 2 N–H and O–H groups in total. The van der Waals surface area contributed by atoms with Gasteiger partial charge in [0.25, 0.3) is 5.56 Å². The number of piperazine rings is 1. The monoisotopic (exact) mass is 555 g/mol. The summed E-state index contributed by atoms with van der Waals surface area (Å²) in [6, 6.07) is 10.7. The van der Waals surface area contributed by atoms with E-state index >= 15 is 0 Å². The van der Waals surface area contributed by atoms with Gasteiger partial charge < -0.3 is 15.3 Å². The summed E-state index contributed by atoms with van der Waals surface area (Å²) < 4.78 is 1.90. The van der Waals surface area contributed by atoms with Crippen molar-refractivity contribution in [2.24, 2.45) is 0 Å². The largest absolute Gasteiger partial charge is 0.393 e. The van der Waals surface area contributed by atoms with Gasteiger partial charge in [0.05, 0.1) is 6.10 Å². The lowest BCUT2D eigenvalue weighted by molar-refractivity contribution is 0.111. The average molecular weight is 556 g/mol. The Balaban J connectivity index is 1.32. The predicted octanol–water partition coefficient (Wildman–Crippen LogP) is 4.74. The zero-order valence-corrected chi connectivity index (χ0v) is 24.2. The summed E-state index contributed by atoms with van der Waals surface area (Å²) in [6.07, 6.45) is 10.3. The molecule has 1 saturated heterocycles. The first kappa shape index (κ1) is 27.6. The number of nitrogens with zero attached hydrogens (tertiary/aromatic N) is 6. The molecular formula is C32H41N7O2. The van der Waals surface area contributed by atoms with Crippen LogP contribution in [0.2, 0.25) is 0 Å². The molecule has 1 atom stereocenters. The van der Waals surface area contributed by atoms with Crippen molar-refractivity contribution >= 4 is 33.4 Å². The Hall–Kier alpha value is -3.56. The van der Waals surface area contributed by atoms with E-state index in [0.29, 0.717) is 24.4 Å². The third kappa shape index (κ3) is 5.92. The fourth-order valence-corrected chi connectivity index (χ4v) is 6.50. The molecule has 9 heteroatoms. The standard InChI is InChI=1S/C32H41N7O2/c1-3-4-22(2)35-32-34-20-29-27-10-5-23(21-37-15-17-38(18-16-37)24-11-13-33-14-12-24)19-28(27)31(41)39(30(29)36-32)25-6-8-26(40)9-7-25/h5,10-14,19-20,22,25-26,40H,3-4,6-9,15-18,21H2,1-2H3,(H,34,35,36)/t22-,25?,26?/m0/s1. The van der Waals surface area contributed by atoms with E-state index in [-0.39, 0.29) is 23.7 Å². The van der Waals surface area contributed by atoms with Crippen molar-refractivity contribution < 1.29 is 5.11 Å². The van der Waals surface area contributed by atoms with Gasteiger partial charge in [0, 0.05) is 79.9 Å². The maximum atomic E-state index is 14.2. The normalized spacial score (nSPS) is 20.9. The predicted molar refractivity (Wildman–Crippen MR) is 165 cm³/mol. The number of benzene rings is 1. The Kier molecular flexibility index (Phi) is 8.16. The summed E-state index contributed by atoms with van der Waals surface area (Å²) in [5.41, 5.74) is 3.05. The summed E-state index contributed by atoms with van der Waals surface area (Å²) in [6.45, 7) is 8.97. The number of anilines is 2. The lowest BCUT2D eigenvalue weighted by atomic mass is 9.92. The molecule has 41 heavy (non-hydrogen) atoms. The molecule has 3 aromatic heterocycles. The summed E-state index contributed by atoms with van der Waals surface area (Å²) >= 11 is 0. The zero-order chi connectivity index (χ0) is 28.3. The lowest BCUT2D eigenvalue weighted by Gasteiger charge is -2.36. The van der Waals surface area contributed by atoms with E-state index in [4.69, 9.17) is 4.98 Å². The third-order valence-corrected chi connectivity index (χ3v) is 8.76. The van der Waals surface area contributed by atoms with Gasteiger partial charge in [-0.25, -0.2) is 4.98 Å². The molecule has 2 aliphatic rings. The molecule has 1 aliphatic heterocycles. The Morgan fingerprint density at radius 1 is 1.00 bits per heavy atom. The first-order valence-electron chi connectivity index (χ1n) is 15.2. The Morgan fingerprint density at radius 3 is 2.49 bits per heavy atom. The molecule has 4 heterocycles. The molecule has 2 fully saturated rings. The van der Waals surface area contributed by atoms with Gasteiger partial charge in [0.2, 0.25) is 5.95 Å². The molecular weight excluding hydrogens is 514 g/mol. The van der Waals surface area contributed by atoms with Gasteiger partial charge in [-0.2, -0.15) is 4.98 Å². The average Bonchev–Trinajstić information content (AvgIpc) is 2.99. The van der Waals surface area contributed by atoms with Gasteiger partial charge in [-0.3, -0.25) is 19.2 Å². The highest BCUT2D eigenvalue weighted by Crippen LogP contribution is 2.32. The molecule has 6 rings (SSSR count). The Labute approximate surface area is 241 Å². The minimum Gasteiger partial charge on any atom is -0.393 e. The first-order valence-corrected chi connectivity index (χ1v) is 15.2. The summed E-state index contributed by atoms with van der Waals surface area (Å²) in [4.78, 5) is 32.8. The second-order valence-electron chi connectivity index (χ2n) is 11.8. The maximum absolute atomic E-state index is 14.2. The number of rotatable bonds is 8. The summed E-state index contributed by atoms with van der Waals surface area (Å²) in [5.74, 6) is 0.560. The van der Waals surface area contributed by atoms with Gasteiger partial charge in [-0.05, 0) is 68.2 Å². The lowest BCUT2D eigenvalue weighted by Crippen LogP contribution is -2.45. The highest BCUT2D eigenvalue weighted by molar-refractivity contribution is 6.04. The molecule has 9 nitrogen and oxygen atoms in total. The number of nitrogens with one attached hydrogen (secondary N) is 1. The highest BCUT2D eigenvalue weighted by Gasteiger charge is 2.26. The van der Waals surface area contributed by atoms with Gasteiger partial charge in [-0.15, -0.1) is 0 Å². The van der Waals surface area contributed by atoms with Crippen molar-refractivity contribution in [1.29, 1.82) is 0 Å². The molecule has 1 aliphatic carbocycles. The van der Waals surface area contributed by atoms with E-state index in [1.807, 2.05) is 23.2 Å². The number of pyridine rings is 2. The van der Waals surface area contributed by atoms with Crippen molar-refractivity contribution in [3.8, 4) is 0 Å². The van der Waals surface area contributed by atoms with Crippen molar-refractivity contribution in [3.63, 3.8) is 0 Å². The van der Waals surface area contributed by atoms with E-state index in [9.17, 15) is 9.90 Å². The van der Waals surface area contributed by atoms with E-state index in [1.54, 1.807) is 0 Å². The topological polar surface area (TPSA) is 99.4 Å². The van der Waals surface area contributed by atoms with Crippen LogP contribution in [0, 0.1) is 0 Å². The Bertz CT molecular complexity index is 1540. The number of hydrogen-bond acceptors (Lipinski definition) is 8. The van der Waals surface area contributed by atoms with E-state index in [2.05, 4.69) is 69.3 Å². The quantitative estimate of drug-likeness (QED) is 0.301. The van der Waals surface area contributed by atoms with E-state index < -0.39 is 0 Å². The molecule has 1 aromatic carbocycles. The Morgan fingerprint density at radius 2 is 1.76 bits per heavy atom. The molecule has 0 unspecified atom stereocenters. The molecule has 0 spiro atoms. The summed E-state index contributed by atoms with van der Waals surface area (Å²) in [7, 11) is 0. The number of hydrogen-bond donors (Lipinski definition) is 2. The van der Waals surface area contributed by atoms with Crippen LogP contribution >= 0.6 is 0 Å². The second-order valence-corrected chi connectivity index (χ2v) is 11.8. The van der Waals surface area contributed by atoms with Crippen molar-refractivity contribution in [1.82, 2.24) is 24.4 Å². The number of fused-ring (bicyclic) bond motifs is 3. The molecule has 0 radical (unpaired) electrons. The van der Waals surface area contributed by atoms with Crippen LogP contribution in [0.4, 0.5) is 11.6 Å². The number of aliphatic hydroxyl groups excluding tert-OH is 1. The van der Waals surface area contributed by atoms with Crippen LogP contribution in [0.25, 0.3) is 21.8 Å². The van der Waals surface area contributed by atoms with Gasteiger partial charge in [0.15, 0.2) is 0 Å². The highest BCUT2D eigenvalue weighted by atomic mass is 16.3. The van der Waals surface area contributed by atoms with Gasteiger partial charge in [-0.1, -0.05) is 25.5 Å². The number of aliphatic hydroxyl groups is 1. The van der Waals surface area contributed by atoms with Crippen LogP contribution in [0.3, 0.4) is 0 Å². The molecule has 0 amide bonds. The van der Waals surface area contributed by atoms with Crippen LogP contribution < -0.4 is 15.8 Å². The SMILES string of the molecule is CCC[C@H](C)Nc1ncc2c3ccc(CN4CCN(c5ccncc5)CC4)cc3c(=O)n(C3CCC(O)CC3)c2n1. The number of aromatic nitrogens is 4. The van der Waals surface area contributed by atoms with Crippen molar-refractivity contribution in [3.05, 3.63) is 64.8 Å². The third-order valence-electron chi connectivity index (χ3n) is 8.76. The molecule has 4 aromatic rings. The maximum Gasteiger partial charge on any atom is 0.260 e. The first-order chi connectivity index (χ1) is 20.0. The van der Waals surface area contributed by atoms with Crippen LogP contribution in [0.15, 0.2) is 53.7 Å². The zero-order valence-electron chi connectivity index (χ0n) is 24.2. The summed E-state index contributed by atoms with van der Waals surface area (Å²) in [5, 5.41) is 16.1. The van der Waals surface area contributed by atoms with E-state index in [1.165, 1.54) is 5.69 Å². The van der Waals surface area contributed by atoms with Crippen LogP contribution in [0.1, 0.15) is 64.0 Å². The fraction of sp³-hybridized carbons (Fsp3) is 0.500. The van der Waals surface area contributed by atoms with Crippen LogP contribution in [-0.2, 0) is 6.54 Å². The van der Waals surface area contributed by atoms with Gasteiger partial charge in [0.1, 0.15) is 5.65 Å².